The molecular formula is C22H13ClF9N5O5. The number of nitrogens with zero attached hydrogens (tertiary/aromatic N) is 3. The number of carbonyl (C=O) groups is 2. The predicted octanol–water partition coefficient (Wildman–Crippen LogP) is 6.94. The van der Waals surface area contributed by atoms with Crippen LogP contribution in [-0.2, 0) is 15.8 Å². The summed E-state index contributed by atoms with van der Waals surface area (Å²) in [5, 5.41) is 3.00. The van der Waals surface area contributed by atoms with Crippen LogP contribution in [0.25, 0.3) is 0 Å². The minimum atomic E-state index is -5.73. The van der Waals surface area contributed by atoms with Gasteiger partial charge in [0.2, 0.25) is 5.88 Å². The highest BCUT2D eigenvalue weighted by atomic mass is 35.5. The van der Waals surface area contributed by atoms with Crippen LogP contribution in [0.1, 0.15) is 5.56 Å². The molecule has 0 aliphatic rings. The Morgan fingerprint density at radius 1 is 0.952 bits per heavy atom. The van der Waals surface area contributed by atoms with Gasteiger partial charge in [-0.15, -0.1) is 18.2 Å². The van der Waals surface area contributed by atoms with E-state index in [-0.39, 0.29) is 11.9 Å². The molecule has 2 amide bonds. The third-order valence-electron chi connectivity index (χ3n) is 4.59. The number of halogens is 10. The molecule has 0 unspecified atom stereocenters. The lowest BCUT2D eigenvalue weighted by Crippen LogP contribution is -2.41. The highest BCUT2D eigenvalue weighted by Crippen LogP contribution is 2.44. The average Bonchev–Trinajstić information content (AvgIpc) is 2.87. The number of carbonyl (C=O) groups excluding carboxylic acids is 2. The van der Waals surface area contributed by atoms with Gasteiger partial charge < -0.3 is 24.9 Å². The van der Waals surface area contributed by atoms with E-state index < -0.39 is 75.1 Å². The molecule has 0 bridgehead atoms. The quantitative estimate of drug-likeness (QED) is 0.222. The smallest absolute Gasteiger partial charge is 0.433 e. The summed E-state index contributed by atoms with van der Waals surface area (Å²) in [4.78, 5) is 35.8. The Morgan fingerprint density at radius 2 is 1.64 bits per heavy atom. The normalized spacial score (nSPS) is 11.9. The van der Waals surface area contributed by atoms with E-state index in [9.17, 15) is 49.1 Å². The molecule has 1 heterocycles. The van der Waals surface area contributed by atoms with Crippen LogP contribution in [0.2, 0.25) is 5.02 Å². The Balaban J connectivity index is 2.09. The summed E-state index contributed by atoms with van der Waals surface area (Å²) in [6.45, 7) is 0. The SMILES string of the molecule is CNc1cc(Oc2c(Cl)cc(N(OC(=O)C(F)(F)F)C(=O)Nc3cccc(C(F)(F)F)c3)cc2OC(F)(F)F)ncn1. The van der Waals surface area contributed by atoms with E-state index in [2.05, 4.69) is 24.9 Å². The molecule has 20 heteroatoms. The van der Waals surface area contributed by atoms with Crippen molar-refractivity contribution in [3.8, 4) is 17.4 Å². The van der Waals surface area contributed by atoms with Crippen LogP contribution in [0, 0.1) is 0 Å². The van der Waals surface area contributed by atoms with Crippen molar-refractivity contribution >= 4 is 40.8 Å². The van der Waals surface area contributed by atoms with Crippen LogP contribution < -0.4 is 25.2 Å². The summed E-state index contributed by atoms with van der Waals surface area (Å²) in [5.41, 5.74) is -3.01. The van der Waals surface area contributed by atoms with Crippen molar-refractivity contribution in [1.82, 2.24) is 9.97 Å². The molecule has 10 nitrogen and oxygen atoms in total. The van der Waals surface area contributed by atoms with Crippen molar-refractivity contribution in [1.29, 1.82) is 0 Å². The summed E-state index contributed by atoms with van der Waals surface area (Å²) in [6.07, 6.45) is -15.1. The Hall–Kier alpha value is -4.68. The number of alkyl halides is 9. The van der Waals surface area contributed by atoms with Crippen molar-refractivity contribution in [2.45, 2.75) is 18.7 Å². The Kier molecular flexibility index (Phi) is 9.14. The molecule has 42 heavy (non-hydrogen) atoms. The Bertz CT molecular complexity index is 1470. The molecule has 0 spiro atoms. The first-order valence-electron chi connectivity index (χ1n) is 10.7. The first-order valence-corrected chi connectivity index (χ1v) is 11.1. The summed E-state index contributed by atoms with van der Waals surface area (Å²) >= 11 is 6.02. The van der Waals surface area contributed by atoms with E-state index in [0.29, 0.717) is 18.2 Å². The van der Waals surface area contributed by atoms with Gasteiger partial charge in [-0.1, -0.05) is 17.7 Å². The van der Waals surface area contributed by atoms with E-state index >= 15 is 0 Å². The molecule has 0 saturated carbocycles. The zero-order valence-corrected chi connectivity index (χ0v) is 21.0. The molecule has 0 aliphatic heterocycles. The number of hydrogen-bond acceptors (Lipinski definition) is 8. The van der Waals surface area contributed by atoms with Gasteiger partial charge in [0.15, 0.2) is 11.5 Å². The van der Waals surface area contributed by atoms with Crippen molar-refractivity contribution in [2.75, 3.05) is 22.7 Å². The standard InChI is InChI=1S/C22H13ClF9N5O5/c1-33-15-8-16(35-9-34-15)40-17-13(23)6-12(7-14(17)41-22(30,31)32)37(42-18(38)21(27,28)29)19(39)36-11-4-2-3-10(5-11)20(24,25)26/h2-9H,1H3,(H,36,39)(H,33,34,35). The number of nitrogens with one attached hydrogen (secondary N) is 2. The first kappa shape index (κ1) is 31.8. The van der Waals surface area contributed by atoms with E-state index in [4.69, 9.17) is 16.3 Å². The Labute approximate surface area is 232 Å². The van der Waals surface area contributed by atoms with Crippen molar-refractivity contribution < 1.29 is 63.4 Å². The minimum Gasteiger partial charge on any atom is -0.433 e. The number of hydrogen-bond donors (Lipinski definition) is 2. The number of anilines is 3. The van der Waals surface area contributed by atoms with Crippen LogP contribution in [-0.4, -0.2) is 41.6 Å². The largest absolute Gasteiger partial charge is 0.573 e. The molecule has 3 rings (SSSR count). The van der Waals surface area contributed by atoms with Gasteiger partial charge in [0, 0.05) is 24.9 Å². The Morgan fingerprint density at radius 3 is 2.24 bits per heavy atom. The maximum Gasteiger partial charge on any atom is 0.573 e. The molecule has 226 valence electrons. The number of urea groups is 1. The van der Waals surface area contributed by atoms with Gasteiger partial charge in [0.1, 0.15) is 12.1 Å². The molecule has 0 atom stereocenters. The first-order chi connectivity index (χ1) is 19.4. The second-order valence-electron chi connectivity index (χ2n) is 7.58. The predicted molar refractivity (Wildman–Crippen MR) is 125 cm³/mol. The van der Waals surface area contributed by atoms with Gasteiger partial charge in [-0.05, 0) is 24.3 Å². The van der Waals surface area contributed by atoms with Crippen LogP contribution in [0.4, 0.5) is 61.5 Å². The monoisotopic (exact) mass is 633 g/mol. The van der Waals surface area contributed by atoms with Gasteiger partial charge in [0.25, 0.3) is 0 Å². The molecule has 0 fully saturated rings. The van der Waals surface area contributed by atoms with Gasteiger partial charge >= 0.3 is 30.7 Å². The molecule has 2 N–H and O–H groups in total. The molecule has 0 aliphatic carbocycles. The van der Waals surface area contributed by atoms with E-state index in [0.717, 1.165) is 24.5 Å². The maximum atomic E-state index is 13.2. The zero-order valence-electron chi connectivity index (χ0n) is 20.3. The second kappa shape index (κ2) is 12.0. The zero-order chi connectivity index (χ0) is 31.5. The maximum absolute atomic E-state index is 13.2. The number of amides is 2. The van der Waals surface area contributed by atoms with E-state index in [1.54, 1.807) is 5.32 Å². The summed E-state index contributed by atoms with van der Waals surface area (Å²) in [5.74, 6) is -5.54. The highest BCUT2D eigenvalue weighted by Gasteiger charge is 2.44. The fourth-order valence-electron chi connectivity index (χ4n) is 2.90. The van der Waals surface area contributed by atoms with Gasteiger partial charge in [0.05, 0.1) is 16.3 Å². The van der Waals surface area contributed by atoms with Gasteiger partial charge in [-0.3, -0.25) is 0 Å². The van der Waals surface area contributed by atoms with Crippen LogP contribution >= 0.6 is 11.6 Å². The molecule has 0 radical (unpaired) electrons. The lowest BCUT2D eigenvalue weighted by molar-refractivity contribution is -0.275. The molecule has 1 aromatic heterocycles. The molecule has 3 aromatic rings. The minimum absolute atomic E-state index is 0.141. The summed E-state index contributed by atoms with van der Waals surface area (Å²) in [7, 11) is 1.44. The number of ether oxygens (including phenoxy) is 2. The van der Waals surface area contributed by atoms with Crippen LogP contribution in [0.5, 0.6) is 17.4 Å². The molecule has 0 saturated heterocycles. The number of hydroxylamine groups is 1. The molecular weight excluding hydrogens is 621 g/mol. The summed E-state index contributed by atoms with van der Waals surface area (Å²) < 4.78 is 127. The number of rotatable bonds is 6. The lowest BCUT2D eigenvalue weighted by atomic mass is 10.2. The number of benzene rings is 2. The third-order valence-corrected chi connectivity index (χ3v) is 4.87. The van der Waals surface area contributed by atoms with E-state index in [1.807, 2.05) is 0 Å². The fourth-order valence-corrected chi connectivity index (χ4v) is 3.15. The summed E-state index contributed by atoms with van der Waals surface area (Å²) in [6, 6.07) is 2.75. The molecule has 2 aromatic carbocycles. The number of aromatic nitrogens is 2. The van der Waals surface area contributed by atoms with Gasteiger partial charge in [-0.2, -0.15) is 26.3 Å². The van der Waals surface area contributed by atoms with Crippen molar-refractivity contribution in [3.63, 3.8) is 0 Å². The van der Waals surface area contributed by atoms with Crippen LogP contribution in [0.15, 0.2) is 48.8 Å². The van der Waals surface area contributed by atoms with Crippen molar-refractivity contribution in [3.05, 3.63) is 59.4 Å². The third kappa shape index (κ3) is 8.41. The highest BCUT2D eigenvalue weighted by molar-refractivity contribution is 6.32. The topological polar surface area (TPSA) is 115 Å². The fraction of sp³-hybridized carbons (Fsp3) is 0.182. The lowest BCUT2D eigenvalue weighted by Gasteiger charge is -2.24. The average molecular weight is 634 g/mol. The van der Waals surface area contributed by atoms with E-state index in [1.165, 1.54) is 7.05 Å². The second-order valence-corrected chi connectivity index (χ2v) is 7.98. The van der Waals surface area contributed by atoms with Crippen molar-refractivity contribution in [2.24, 2.45) is 0 Å². The van der Waals surface area contributed by atoms with Crippen LogP contribution in [0.3, 0.4) is 0 Å². The van der Waals surface area contributed by atoms with Gasteiger partial charge in [-0.25, -0.2) is 19.6 Å².